The van der Waals surface area contributed by atoms with E-state index in [0.717, 1.165) is 36.4 Å². The van der Waals surface area contributed by atoms with Crippen molar-refractivity contribution in [3.8, 4) is 5.69 Å². The molecule has 35 heavy (non-hydrogen) atoms. The molecule has 180 valence electrons. The summed E-state index contributed by atoms with van der Waals surface area (Å²) in [5.41, 5.74) is 5.53. The molecule has 2 aromatic heterocycles. The van der Waals surface area contributed by atoms with Gasteiger partial charge in [-0.15, -0.1) is 0 Å². The minimum atomic E-state index is -0.149. The first-order valence-corrected chi connectivity index (χ1v) is 11.8. The average Bonchev–Trinajstić information content (AvgIpc) is 3.14. The molecule has 1 amide bonds. The van der Waals surface area contributed by atoms with E-state index in [2.05, 4.69) is 27.8 Å². The number of amides is 1. The van der Waals surface area contributed by atoms with E-state index >= 15 is 0 Å². The highest BCUT2D eigenvalue weighted by atomic mass is 16.2. The van der Waals surface area contributed by atoms with Gasteiger partial charge in [0.25, 0.3) is 5.56 Å². The Labute approximate surface area is 203 Å². The lowest BCUT2D eigenvalue weighted by Gasteiger charge is -2.18. The van der Waals surface area contributed by atoms with Gasteiger partial charge in [0, 0.05) is 39.1 Å². The number of aromatic nitrogens is 4. The summed E-state index contributed by atoms with van der Waals surface area (Å²) in [6.07, 6.45) is 2.88. The third-order valence-corrected chi connectivity index (χ3v) is 6.33. The van der Waals surface area contributed by atoms with Gasteiger partial charge >= 0.3 is 0 Å². The lowest BCUT2D eigenvalue weighted by Crippen LogP contribution is -2.24. The van der Waals surface area contributed by atoms with Crippen LogP contribution in [0.5, 0.6) is 0 Å². The Kier molecular flexibility index (Phi) is 6.08. The fourth-order valence-corrected chi connectivity index (χ4v) is 4.45. The fraction of sp³-hybridized carbons (Fsp3) is 0.308. The van der Waals surface area contributed by atoms with Crippen LogP contribution < -0.4 is 16.2 Å². The molecule has 0 radical (unpaired) electrons. The fourth-order valence-electron chi connectivity index (χ4n) is 4.45. The van der Waals surface area contributed by atoms with Gasteiger partial charge in [-0.05, 0) is 60.8 Å². The van der Waals surface area contributed by atoms with E-state index in [-0.39, 0.29) is 17.9 Å². The first-order chi connectivity index (χ1) is 16.9. The van der Waals surface area contributed by atoms with Crippen molar-refractivity contribution in [2.24, 2.45) is 0 Å². The van der Waals surface area contributed by atoms with Crippen LogP contribution in [-0.4, -0.2) is 50.8 Å². The molecule has 3 heterocycles. The minimum Gasteiger partial charge on any atom is -0.349 e. The Morgan fingerprint density at radius 1 is 1.17 bits per heavy atom. The highest BCUT2D eigenvalue weighted by Crippen LogP contribution is 2.23. The second-order valence-electron chi connectivity index (χ2n) is 8.93. The zero-order valence-electron chi connectivity index (χ0n) is 20.2. The second kappa shape index (κ2) is 9.34. The van der Waals surface area contributed by atoms with Crippen molar-refractivity contribution in [2.45, 2.75) is 32.9 Å². The number of carbonyl (C=O) groups excluding carboxylic acids is 1. The second-order valence-corrected chi connectivity index (χ2v) is 8.93. The molecular weight excluding hydrogens is 442 g/mol. The van der Waals surface area contributed by atoms with Gasteiger partial charge in [0.2, 0.25) is 11.9 Å². The Bertz CT molecular complexity index is 1470. The Hall–Kier alpha value is -3.98. The first kappa shape index (κ1) is 22.8. The molecule has 0 fully saturated rings. The maximum atomic E-state index is 13.1. The molecule has 5 rings (SSSR count). The normalized spacial score (nSPS) is 13.0. The van der Waals surface area contributed by atoms with Crippen LogP contribution >= 0.6 is 0 Å². The summed E-state index contributed by atoms with van der Waals surface area (Å²) in [5.74, 6) is 0.434. The summed E-state index contributed by atoms with van der Waals surface area (Å²) in [6.45, 7) is 4.23. The molecule has 2 aromatic carbocycles. The molecule has 2 N–H and O–H groups in total. The van der Waals surface area contributed by atoms with Gasteiger partial charge in [-0.2, -0.15) is 4.98 Å². The predicted octanol–water partition coefficient (Wildman–Crippen LogP) is 2.62. The SMILES string of the molecule is CCn1c(=O)c2cnc(Nc3ccc4c(c3)CNCC4)nc2n1-c1cccc(CC(=O)N(C)C)c1. The highest BCUT2D eigenvalue weighted by molar-refractivity contribution is 5.79. The number of fused-ring (bicyclic) bond motifs is 2. The lowest BCUT2D eigenvalue weighted by molar-refractivity contribution is -0.127. The molecular formula is C26H29N7O2. The maximum Gasteiger partial charge on any atom is 0.278 e. The van der Waals surface area contributed by atoms with E-state index in [1.807, 2.05) is 41.9 Å². The van der Waals surface area contributed by atoms with Crippen molar-refractivity contribution in [3.63, 3.8) is 0 Å². The molecule has 0 saturated carbocycles. The van der Waals surface area contributed by atoms with Gasteiger partial charge in [0.15, 0.2) is 5.65 Å². The summed E-state index contributed by atoms with van der Waals surface area (Å²) in [5, 5.41) is 7.14. The molecule has 1 aliphatic heterocycles. The molecule has 0 saturated heterocycles. The summed E-state index contributed by atoms with van der Waals surface area (Å²) in [7, 11) is 3.48. The molecule has 1 aliphatic rings. The van der Waals surface area contributed by atoms with Crippen molar-refractivity contribution in [2.75, 3.05) is 26.0 Å². The largest absolute Gasteiger partial charge is 0.349 e. The third kappa shape index (κ3) is 4.42. The van der Waals surface area contributed by atoms with Crippen LogP contribution in [0.3, 0.4) is 0 Å². The smallest absolute Gasteiger partial charge is 0.278 e. The predicted molar refractivity (Wildman–Crippen MR) is 136 cm³/mol. The summed E-state index contributed by atoms with van der Waals surface area (Å²) in [4.78, 5) is 36.1. The molecule has 0 bridgehead atoms. The van der Waals surface area contributed by atoms with Crippen LogP contribution in [0.1, 0.15) is 23.6 Å². The standard InChI is InChI=1S/C26H29N7O2/c1-4-32-25(35)22-16-28-26(29-20-9-8-18-10-11-27-15-19(18)14-20)30-24(22)33(32)21-7-5-6-17(12-21)13-23(34)31(2)3/h5-9,12,14,16,27H,4,10-11,13,15H2,1-3H3,(H,28,29,30). The van der Waals surface area contributed by atoms with Gasteiger partial charge in [0.05, 0.1) is 12.1 Å². The van der Waals surface area contributed by atoms with E-state index in [9.17, 15) is 9.59 Å². The third-order valence-electron chi connectivity index (χ3n) is 6.33. The van der Waals surface area contributed by atoms with Gasteiger partial charge in [-0.1, -0.05) is 18.2 Å². The molecule has 9 heteroatoms. The van der Waals surface area contributed by atoms with Crippen LogP contribution in [0, 0.1) is 0 Å². The number of hydrogen-bond donors (Lipinski definition) is 2. The van der Waals surface area contributed by atoms with Gasteiger partial charge in [0.1, 0.15) is 5.39 Å². The van der Waals surface area contributed by atoms with Gasteiger partial charge in [-0.25, -0.2) is 14.3 Å². The number of nitrogens with zero attached hydrogens (tertiary/aromatic N) is 5. The first-order valence-electron chi connectivity index (χ1n) is 11.8. The van der Waals surface area contributed by atoms with E-state index in [0.29, 0.717) is 23.5 Å². The summed E-state index contributed by atoms with van der Waals surface area (Å²) >= 11 is 0. The van der Waals surface area contributed by atoms with Crippen LogP contribution in [0.2, 0.25) is 0 Å². The minimum absolute atomic E-state index is 0.0152. The lowest BCUT2D eigenvalue weighted by atomic mass is 10.0. The number of likely N-dealkylation sites (N-methyl/N-ethyl adjacent to an activating group) is 1. The van der Waals surface area contributed by atoms with Crippen molar-refractivity contribution in [1.82, 2.24) is 29.5 Å². The molecule has 0 atom stereocenters. The highest BCUT2D eigenvalue weighted by Gasteiger charge is 2.18. The van der Waals surface area contributed by atoms with Crippen molar-refractivity contribution in [1.29, 1.82) is 0 Å². The van der Waals surface area contributed by atoms with Crippen LogP contribution in [0.25, 0.3) is 16.7 Å². The van der Waals surface area contributed by atoms with Crippen LogP contribution in [0.15, 0.2) is 53.5 Å². The Morgan fingerprint density at radius 2 is 2.03 bits per heavy atom. The average molecular weight is 472 g/mol. The van der Waals surface area contributed by atoms with Gasteiger partial charge < -0.3 is 15.5 Å². The van der Waals surface area contributed by atoms with Crippen molar-refractivity contribution >= 4 is 28.6 Å². The Morgan fingerprint density at radius 3 is 2.83 bits per heavy atom. The zero-order chi connectivity index (χ0) is 24.5. The van der Waals surface area contributed by atoms with E-state index in [4.69, 9.17) is 4.98 Å². The van der Waals surface area contributed by atoms with Gasteiger partial charge in [-0.3, -0.25) is 9.59 Å². The zero-order valence-corrected chi connectivity index (χ0v) is 20.2. The number of anilines is 2. The maximum absolute atomic E-state index is 13.1. The molecule has 9 nitrogen and oxygen atoms in total. The van der Waals surface area contributed by atoms with E-state index in [1.54, 1.807) is 29.9 Å². The topological polar surface area (TPSA) is 97.1 Å². The number of rotatable bonds is 6. The van der Waals surface area contributed by atoms with Crippen molar-refractivity contribution < 1.29 is 4.79 Å². The van der Waals surface area contributed by atoms with Crippen LogP contribution in [-0.2, 0) is 30.7 Å². The molecule has 0 spiro atoms. The van der Waals surface area contributed by atoms with E-state index < -0.39 is 0 Å². The number of hydrogen-bond acceptors (Lipinski definition) is 6. The van der Waals surface area contributed by atoms with E-state index in [1.165, 1.54) is 11.1 Å². The monoisotopic (exact) mass is 471 g/mol. The molecule has 4 aromatic rings. The number of carbonyl (C=O) groups is 1. The van der Waals surface area contributed by atoms with Crippen LogP contribution in [0.4, 0.5) is 11.6 Å². The summed E-state index contributed by atoms with van der Waals surface area (Å²) in [6, 6.07) is 13.9. The summed E-state index contributed by atoms with van der Waals surface area (Å²) < 4.78 is 3.45. The number of benzene rings is 2. The Balaban J connectivity index is 1.55. The van der Waals surface area contributed by atoms with Crippen molar-refractivity contribution in [3.05, 3.63) is 75.7 Å². The molecule has 0 aliphatic carbocycles. The quantitative estimate of drug-likeness (QED) is 0.449. The molecule has 0 unspecified atom stereocenters. The number of nitrogens with one attached hydrogen (secondary N) is 2.